The van der Waals surface area contributed by atoms with Crippen LogP contribution in [0.2, 0.25) is 0 Å². The molecule has 6 nitrogen and oxygen atoms in total. The summed E-state index contributed by atoms with van der Waals surface area (Å²) in [4.78, 5) is 24.4. The highest BCUT2D eigenvalue weighted by atomic mass is 16.5. The van der Waals surface area contributed by atoms with Crippen LogP contribution in [-0.2, 0) is 11.2 Å². The number of anilines is 1. The summed E-state index contributed by atoms with van der Waals surface area (Å²) in [5, 5.41) is 12.5. The fourth-order valence-electron chi connectivity index (χ4n) is 4.26. The number of nitrogens with one attached hydrogen (secondary N) is 1. The molecule has 6 heteroatoms. The summed E-state index contributed by atoms with van der Waals surface area (Å²) in [5.74, 6) is -0.309. The molecule has 0 spiro atoms. The second-order valence-corrected chi connectivity index (χ2v) is 7.81. The molecule has 1 saturated heterocycles. The van der Waals surface area contributed by atoms with Crippen molar-refractivity contribution in [3.63, 3.8) is 0 Å². The highest BCUT2D eigenvalue weighted by molar-refractivity contribution is 5.91. The molecule has 0 unspecified atom stereocenters. The number of carbonyl (C=O) groups excluding carboxylic acids is 1. The van der Waals surface area contributed by atoms with Crippen molar-refractivity contribution in [2.24, 2.45) is 0 Å². The number of aryl methyl sites for hydroxylation is 1. The lowest BCUT2D eigenvalue weighted by Gasteiger charge is -2.16. The van der Waals surface area contributed by atoms with E-state index < -0.39 is 6.09 Å². The summed E-state index contributed by atoms with van der Waals surface area (Å²) in [7, 11) is 1.40. The molecule has 0 aromatic heterocycles. The standard InChI is InChI=1S/C24H26N2O4/c1-30-23(27)18-8-11-22-17(14-18)4-2-3-5-21(22)16-6-9-19(10-7-16)25-20-12-13-26(15-20)24(28)29/h5-11,14,20,25H,2-4,12-13,15H2,1H3,(H,28,29)/t20-/m0/s1. The van der Waals surface area contributed by atoms with E-state index in [1.165, 1.54) is 23.1 Å². The number of nitrogens with zero attached hydrogens (tertiary/aromatic N) is 1. The van der Waals surface area contributed by atoms with E-state index in [1.54, 1.807) is 0 Å². The molecule has 1 atom stereocenters. The third-order valence-corrected chi connectivity index (χ3v) is 5.84. The molecule has 4 rings (SSSR count). The largest absolute Gasteiger partial charge is 0.465 e. The maximum Gasteiger partial charge on any atom is 0.407 e. The Balaban J connectivity index is 1.52. The first kappa shape index (κ1) is 20.0. The number of methoxy groups -OCH3 is 1. The van der Waals surface area contributed by atoms with Crippen molar-refractivity contribution in [1.29, 1.82) is 0 Å². The van der Waals surface area contributed by atoms with Crippen LogP contribution in [0.3, 0.4) is 0 Å². The van der Waals surface area contributed by atoms with Crippen LogP contribution in [0.5, 0.6) is 0 Å². The van der Waals surface area contributed by atoms with Gasteiger partial charge in [0, 0.05) is 24.8 Å². The number of likely N-dealkylation sites (tertiary alicyclic amines) is 1. The Morgan fingerprint density at radius 3 is 2.67 bits per heavy atom. The molecule has 1 aliphatic heterocycles. The van der Waals surface area contributed by atoms with E-state index in [9.17, 15) is 9.59 Å². The van der Waals surface area contributed by atoms with Crippen LogP contribution in [-0.4, -0.2) is 48.3 Å². The Morgan fingerprint density at radius 1 is 1.17 bits per heavy atom. The van der Waals surface area contributed by atoms with E-state index in [2.05, 4.69) is 23.5 Å². The predicted molar refractivity (Wildman–Crippen MR) is 116 cm³/mol. The summed E-state index contributed by atoms with van der Waals surface area (Å²) < 4.78 is 4.86. The van der Waals surface area contributed by atoms with Crippen molar-refractivity contribution in [2.45, 2.75) is 31.7 Å². The van der Waals surface area contributed by atoms with Crippen molar-refractivity contribution >= 4 is 23.3 Å². The quantitative estimate of drug-likeness (QED) is 0.736. The van der Waals surface area contributed by atoms with Gasteiger partial charge in [-0.1, -0.05) is 24.3 Å². The van der Waals surface area contributed by atoms with Gasteiger partial charge < -0.3 is 20.1 Å². The van der Waals surface area contributed by atoms with Gasteiger partial charge in [0.2, 0.25) is 0 Å². The molecule has 0 radical (unpaired) electrons. The second-order valence-electron chi connectivity index (χ2n) is 7.81. The van der Waals surface area contributed by atoms with Crippen LogP contribution in [0, 0.1) is 0 Å². The normalized spacial score (nSPS) is 18.2. The van der Waals surface area contributed by atoms with Gasteiger partial charge in [0.15, 0.2) is 0 Å². The minimum Gasteiger partial charge on any atom is -0.465 e. The molecule has 0 saturated carbocycles. The number of carbonyl (C=O) groups is 2. The topological polar surface area (TPSA) is 78.9 Å². The molecular formula is C24H26N2O4. The molecular weight excluding hydrogens is 380 g/mol. The third kappa shape index (κ3) is 4.17. The molecule has 1 fully saturated rings. The summed E-state index contributed by atoms with van der Waals surface area (Å²) in [6.07, 6.45) is 5.20. The van der Waals surface area contributed by atoms with Crippen molar-refractivity contribution in [3.05, 3.63) is 70.8 Å². The van der Waals surface area contributed by atoms with Gasteiger partial charge in [-0.2, -0.15) is 0 Å². The smallest absolute Gasteiger partial charge is 0.407 e. The Hall–Kier alpha value is -3.28. The van der Waals surface area contributed by atoms with Gasteiger partial charge >= 0.3 is 12.1 Å². The number of benzene rings is 2. The number of allylic oxidation sites excluding steroid dienone is 1. The predicted octanol–water partition coefficient (Wildman–Crippen LogP) is 4.41. The van der Waals surface area contributed by atoms with E-state index in [1.807, 2.05) is 30.3 Å². The van der Waals surface area contributed by atoms with Gasteiger partial charge in [-0.05, 0) is 72.2 Å². The summed E-state index contributed by atoms with van der Waals surface area (Å²) in [5.41, 5.74) is 6.23. The number of ether oxygens (including phenoxy) is 1. The second kappa shape index (κ2) is 8.61. The van der Waals surface area contributed by atoms with Gasteiger partial charge in [-0.25, -0.2) is 9.59 Å². The van der Waals surface area contributed by atoms with Crippen LogP contribution < -0.4 is 5.32 Å². The van der Waals surface area contributed by atoms with Crippen LogP contribution in [0.4, 0.5) is 10.5 Å². The SMILES string of the molecule is COC(=O)c1ccc2c(c1)CCCC=C2c1ccc(N[C@H]2CCN(C(=O)O)C2)cc1. The minimum absolute atomic E-state index is 0.140. The first-order valence-electron chi connectivity index (χ1n) is 10.3. The Labute approximate surface area is 176 Å². The van der Waals surface area contributed by atoms with E-state index in [4.69, 9.17) is 9.84 Å². The van der Waals surface area contributed by atoms with Crippen molar-refractivity contribution < 1.29 is 19.4 Å². The van der Waals surface area contributed by atoms with Gasteiger partial charge in [0.1, 0.15) is 0 Å². The van der Waals surface area contributed by atoms with Gasteiger partial charge in [0.05, 0.1) is 12.7 Å². The zero-order chi connectivity index (χ0) is 21.1. The molecule has 156 valence electrons. The zero-order valence-corrected chi connectivity index (χ0v) is 17.1. The van der Waals surface area contributed by atoms with Crippen molar-refractivity contribution in [1.82, 2.24) is 4.90 Å². The molecule has 2 aromatic rings. The van der Waals surface area contributed by atoms with Crippen molar-refractivity contribution in [3.8, 4) is 0 Å². The lowest BCUT2D eigenvalue weighted by molar-refractivity contribution is 0.0600. The number of fused-ring (bicyclic) bond motifs is 1. The number of esters is 1. The Bertz CT molecular complexity index is 981. The van der Waals surface area contributed by atoms with Gasteiger partial charge in [-0.15, -0.1) is 0 Å². The number of rotatable bonds is 4. The Morgan fingerprint density at radius 2 is 1.97 bits per heavy atom. The number of carboxylic acid groups (broad SMARTS) is 1. The average molecular weight is 406 g/mol. The lowest BCUT2D eigenvalue weighted by atomic mass is 9.92. The van der Waals surface area contributed by atoms with Gasteiger partial charge in [0.25, 0.3) is 0 Å². The third-order valence-electron chi connectivity index (χ3n) is 5.84. The van der Waals surface area contributed by atoms with E-state index in [0.29, 0.717) is 18.7 Å². The number of hydrogen-bond donors (Lipinski definition) is 2. The fourth-order valence-corrected chi connectivity index (χ4v) is 4.26. The van der Waals surface area contributed by atoms with E-state index >= 15 is 0 Å². The first-order chi connectivity index (χ1) is 14.5. The maximum atomic E-state index is 11.9. The molecule has 0 bridgehead atoms. The summed E-state index contributed by atoms with van der Waals surface area (Å²) >= 11 is 0. The fraction of sp³-hybridized carbons (Fsp3) is 0.333. The zero-order valence-electron chi connectivity index (χ0n) is 17.1. The summed E-state index contributed by atoms with van der Waals surface area (Å²) in [6.45, 7) is 1.08. The molecule has 1 aliphatic carbocycles. The maximum absolute atomic E-state index is 11.9. The first-order valence-corrected chi connectivity index (χ1v) is 10.3. The number of amides is 1. The van der Waals surface area contributed by atoms with Crippen LogP contribution in [0.25, 0.3) is 5.57 Å². The van der Waals surface area contributed by atoms with E-state index in [-0.39, 0.29) is 12.0 Å². The van der Waals surface area contributed by atoms with E-state index in [0.717, 1.165) is 42.5 Å². The molecule has 2 aromatic carbocycles. The highest BCUT2D eigenvalue weighted by Crippen LogP contribution is 2.32. The van der Waals surface area contributed by atoms with Crippen LogP contribution in [0.1, 0.15) is 46.3 Å². The van der Waals surface area contributed by atoms with Crippen LogP contribution in [0.15, 0.2) is 48.5 Å². The van der Waals surface area contributed by atoms with Crippen molar-refractivity contribution in [2.75, 3.05) is 25.5 Å². The molecule has 2 N–H and O–H groups in total. The monoisotopic (exact) mass is 406 g/mol. The highest BCUT2D eigenvalue weighted by Gasteiger charge is 2.25. The average Bonchev–Trinajstić information content (AvgIpc) is 3.13. The lowest BCUT2D eigenvalue weighted by Crippen LogP contribution is -2.30. The summed E-state index contributed by atoms with van der Waals surface area (Å²) in [6, 6.07) is 14.2. The molecule has 2 aliphatic rings. The molecule has 1 heterocycles. The molecule has 30 heavy (non-hydrogen) atoms. The Kier molecular flexibility index (Phi) is 5.74. The van der Waals surface area contributed by atoms with Gasteiger partial charge in [-0.3, -0.25) is 0 Å². The minimum atomic E-state index is -0.857. The van der Waals surface area contributed by atoms with Crippen LogP contribution >= 0.6 is 0 Å². The molecule has 1 amide bonds. The number of hydrogen-bond acceptors (Lipinski definition) is 4.